The number of carbonyl (C=O) groups excluding carboxylic acids is 1. The van der Waals surface area contributed by atoms with Crippen LogP contribution in [-0.4, -0.2) is 27.4 Å². The monoisotopic (exact) mass is 433 g/mol. The molecule has 0 saturated carbocycles. The van der Waals surface area contributed by atoms with Crippen LogP contribution in [0.5, 0.6) is 5.75 Å². The van der Waals surface area contributed by atoms with Crippen LogP contribution in [-0.2, 0) is 6.54 Å². The zero-order chi connectivity index (χ0) is 22.8. The Morgan fingerprint density at radius 2 is 1.94 bits per heavy atom. The summed E-state index contributed by atoms with van der Waals surface area (Å²) in [4.78, 5) is 21.5. The van der Waals surface area contributed by atoms with E-state index in [1.807, 2.05) is 34.7 Å². The number of nitrogens with two attached hydrogens (primary N) is 1. The molecule has 4 aromatic rings. The Hall–Kier alpha value is -3.94. The summed E-state index contributed by atoms with van der Waals surface area (Å²) in [6.07, 6.45) is 1.68. The molecule has 7 nitrogen and oxygen atoms in total. The second kappa shape index (κ2) is 8.66. The second-order valence-corrected chi connectivity index (χ2v) is 7.72. The minimum Gasteiger partial charge on any atom is -0.496 e. The van der Waals surface area contributed by atoms with Crippen LogP contribution >= 0.6 is 0 Å². The van der Waals surface area contributed by atoms with Gasteiger partial charge in [-0.2, -0.15) is 0 Å². The molecular weight excluding hydrogens is 409 g/mol. The third kappa shape index (κ3) is 3.99. The van der Waals surface area contributed by atoms with E-state index in [1.54, 1.807) is 6.20 Å². The summed E-state index contributed by atoms with van der Waals surface area (Å²) >= 11 is 0. The molecule has 0 radical (unpaired) electrons. The van der Waals surface area contributed by atoms with Crippen molar-refractivity contribution in [2.75, 3.05) is 12.8 Å². The molecule has 0 atom stereocenters. The maximum Gasteiger partial charge on any atom is 0.255 e. The summed E-state index contributed by atoms with van der Waals surface area (Å²) in [6, 6.07) is 13.4. The minimum absolute atomic E-state index is 0.150. The Morgan fingerprint density at radius 1 is 1.19 bits per heavy atom. The molecule has 2 heterocycles. The van der Waals surface area contributed by atoms with Crippen LogP contribution in [0.15, 0.2) is 54.7 Å². The third-order valence-electron chi connectivity index (χ3n) is 5.23. The van der Waals surface area contributed by atoms with Gasteiger partial charge < -0.3 is 15.8 Å². The fourth-order valence-corrected chi connectivity index (χ4v) is 3.61. The number of halogens is 1. The topological polar surface area (TPSA) is 94.5 Å². The first-order chi connectivity index (χ1) is 15.4. The van der Waals surface area contributed by atoms with Gasteiger partial charge in [-0.3, -0.25) is 9.20 Å². The molecule has 2 aromatic heterocycles. The van der Waals surface area contributed by atoms with Crippen LogP contribution in [0.3, 0.4) is 0 Å². The number of methoxy groups -OCH3 is 1. The predicted octanol–water partition coefficient (Wildman–Crippen LogP) is 4.18. The highest BCUT2D eigenvalue weighted by Gasteiger charge is 2.17. The number of nitrogen functional groups attached to an aromatic ring is 1. The summed E-state index contributed by atoms with van der Waals surface area (Å²) < 4.78 is 20.5. The van der Waals surface area contributed by atoms with Crippen molar-refractivity contribution in [1.82, 2.24) is 19.7 Å². The number of nitrogens with one attached hydrogen (secondary N) is 1. The Balaban J connectivity index is 1.56. The fourth-order valence-electron chi connectivity index (χ4n) is 3.61. The van der Waals surface area contributed by atoms with Crippen LogP contribution in [0.4, 0.5) is 10.3 Å². The van der Waals surface area contributed by atoms with Crippen LogP contribution in [0, 0.1) is 5.82 Å². The summed E-state index contributed by atoms with van der Waals surface area (Å²) in [5.41, 5.74) is 9.94. The molecule has 0 aliphatic carbocycles. The lowest BCUT2D eigenvalue weighted by atomic mass is 10.1. The van der Waals surface area contributed by atoms with E-state index >= 15 is 0 Å². The van der Waals surface area contributed by atoms with Crippen LogP contribution in [0.1, 0.15) is 41.4 Å². The number of anilines is 1. The molecule has 2 aromatic carbocycles. The number of ether oxygens (including phenoxy) is 1. The van der Waals surface area contributed by atoms with Gasteiger partial charge in [0.2, 0.25) is 5.95 Å². The van der Waals surface area contributed by atoms with Crippen molar-refractivity contribution >= 4 is 17.4 Å². The summed E-state index contributed by atoms with van der Waals surface area (Å²) in [5.74, 6) is 0.728. The van der Waals surface area contributed by atoms with Crippen LogP contribution in [0.2, 0.25) is 0 Å². The van der Waals surface area contributed by atoms with Gasteiger partial charge in [0.25, 0.3) is 5.91 Å². The van der Waals surface area contributed by atoms with Crippen molar-refractivity contribution in [3.63, 3.8) is 0 Å². The molecule has 8 heteroatoms. The zero-order valence-electron chi connectivity index (χ0n) is 18.1. The van der Waals surface area contributed by atoms with Crippen molar-refractivity contribution in [3.05, 3.63) is 77.4 Å². The lowest BCUT2D eigenvalue weighted by Gasteiger charge is -2.10. The van der Waals surface area contributed by atoms with Gasteiger partial charge in [-0.05, 0) is 35.7 Å². The Morgan fingerprint density at radius 3 is 2.62 bits per heavy atom. The second-order valence-electron chi connectivity index (χ2n) is 7.72. The normalized spacial score (nSPS) is 11.2. The van der Waals surface area contributed by atoms with Crippen molar-refractivity contribution in [3.8, 4) is 17.1 Å². The molecule has 1 amide bonds. The average molecular weight is 433 g/mol. The molecule has 0 aliphatic heterocycles. The Kier molecular flexibility index (Phi) is 5.77. The number of benzene rings is 2. The third-order valence-corrected chi connectivity index (χ3v) is 5.23. The summed E-state index contributed by atoms with van der Waals surface area (Å²) in [5, 5.41) is 2.80. The number of amides is 1. The van der Waals surface area contributed by atoms with Gasteiger partial charge in [0.05, 0.1) is 23.9 Å². The molecule has 0 saturated heterocycles. The summed E-state index contributed by atoms with van der Waals surface area (Å²) in [6.45, 7) is 4.45. The number of imidazole rings is 1. The number of hydrogen-bond acceptors (Lipinski definition) is 5. The van der Waals surface area contributed by atoms with E-state index in [0.717, 1.165) is 34.2 Å². The van der Waals surface area contributed by atoms with Gasteiger partial charge in [0.15, 0.2) is 0 Å². The molecule has 164 valence electrons. The summed E-state index contributed by atoms with van der Waals surface area (Å²) in [7, 11) is 1.44. The minimum atomic E-state index is -0.498. The zero-order valence-corrected chi connectivity index (χ0v) is 18.1. The lowest BCUT2D eigenvalue weighted by molar-refractivity contribution is 0.0947. The highest BCUT2D eigenvalue weighted by molar-refractivity contribution is 5.96. The van der Waals surface area contributed by atoms with E-state index in [2.05, 4.69) is 24.1 Å². The van der Waals surface area contributed by atoms with E-state index in [9.17, 15) is 9.18 Å². The van der Waals surface area contributed by atoms with E-state index in [1.165, 1.54) is 19.2 Å². The first kappa shape index (κ1) is 21.3. The quantitative estimate of drug-likeness (QED) is 0.476. The number of fused-ring (bicyclic) bond motifs is 1. The van der Waals surface area contributed by atoms with Crippen LogP contribution < -0.4 is 15.8 Å². The van der Waals surface area contributed by atoms with Gasteiger partial charge >= 0.3 is 0 Å². The molecule has 4 rings (SSSR count). The van der Waals surface area contributed by atoms with Gasteiger partial charge in [-0.1, -0.05) is 38.1 Å². The number of aromatic nitrogens is 3. The molecule has 0 bridgehead atoms. The maximum absolute atomic E-state index is 13.5. The van der Waals surface area contributed by atoms with Gasteiger partial charge in [-0.25, -0.2) is 14.4 Å². The van der Waals surface area contributed by atoms with Crippen molar-refractivity contribution < 1.29 is 13.9 Å². The number of carbonyl (C=O) groups is 1. The van der Waals surface area contributed by atoms with Crippen LogP contribution in [0.25, 0.3) is 16.9 Å². The molecule has 32 heavy (non-hydrogen) atoms. The number of hydrogen-bond donors (Lipinski definition) is 2. The van der Waals surface area contributed by atoms with Crippen molar-refractivity contribution in [1.29, 1.82) is 0 Å². The lowest BCUT2D eigenvalue weighted by Crippen LogP contribution is -2.23. The molecule has 3 N–H and O–H groups in total. The smallest absolute Gasteiger partial charge is 0.255 e. The Labute approximate surface area is 185 Å². The van der Waals surface area contributed by atoms with Gasteiger partial charge in [-0.15, -0.1) is 0 Å². The highest BCUT2D eigenvalue weighted by Crippen LogP contribution is 2.28. The first-order valence-corrected chi connectivity index (χ1v) is 10.2. The van der Waals surface area contributed by atoms with E-state index in [4.69, 9.17) is 15.5 Å². The average Bonchev–Trinajstić information content (AvgIpc) is 3.19. The molecular formula is C24H24FN5O2. The standard InChI is InChI=1S/C24H24FN5O2/c1-14(2)21-19-10-11-27-24(26)30(19)22(29-21)16-6-4-15(5-7-16)13-28-23(31)18-12-17(25)8-9-20(18)32-3/h4-12,14H,13H2,1-3H3,(H2,26,27)(H,28,31). The Bertz CT molecular complexity index is 1280. The largest absolute Gasteiger partial charge is 0.496 e. The number of rotatable bonds is 6. The maximum atomic E-state index is 13.5. The molecule has 0 fully saturated rings. The molecule has 0 unspecified atom stereocenters. The first-order valence-electron chi connectivity index (χ1n) is 10.2. The highest BCUT2D eigenvalue weighted by atomic mass is 19.1. The van der Waals surface area contributed by atoms with E-state index < -0.39 is 11.7 Å². The van der Waals surface area contributed by atoms with Gasteiger partial charge in [0, 0.05) is 18.3 Å². The van der Waals surface area contributed by atoms with Crippen molar-refractivity contribution in [2.24, 2.45) is 0 Å². The van der Waals surface area contributed by atoms with Gasteiger partial charge in [0.1, 0.15) is 17.4 Å². The molecule has 0 aliphatic rings. The SMILES string of the molecule is COc1ccc(F)cc1C(=O)NCc1ccc(-c2nc(C(C)C)c3ccnc(N)n23)cc1. The predicted molar refractivity (Wildman–Crippen MR) is 121 cm³/mol. The number of nitrogens with zero attached hydrogens (tertiary/aromatic N) is 3. The van der Waals surface area contributed by atoms with E-state index in [-0.39, 0.29) is 18.0 Å². The van der Waals surface area contributed by atoms with Crippen molar-refractivity contribution in [2.45, 2.75) is 26.3 Å². The van der Waals surface area contributed by atoms with E-state index in [0.29, 0.717) is 11.7 Å². The molecule has 0 spiro atoms. The fraction of sp³-hybridized carbons (Fsp3) is 0.208.